The van der Waals surface area contributed by atoms with Crippen LogP contribution in [0.3, 0.4) is 0 Å². The lowest BCUT2D eigenvalue weighted by atomic mass is 9.88. The maximum absolute atomic E-state index is 13.5. The van der Waals surface area contributed by atoms with E-state index in [9.17, 15) is 9.59 Å². The summed E-state index contributed by atoms with van der Waals surface area (Å²) in [6.45, 7) is 10.2. The van der Waals surface area contributed by atoms with Crippen LogP contribution in [0.25, 0.3) is 0 Å². The number of fused-ring (bicyclic) bond motifs is 1. The van der Waals surface area contributed by atoms with E-state index in [1.807, 2.05) is 79.1 Å². The van der Waals surface area contributed by atoms with E-state index in [2.05, 4.69) is 19.9 Å². The standard InChI is InChI=1S/C26H34N2O2/c1-6-18(3)25(29)27-20(5)17-24(22-15-11-12-16-23(22)27)28(26(30)19(4)7-2)21-13-9-8-10-14-21/h8-16,18-20,24H,6-7,17H2,1-5H3/t18-,19+,20-,24+/m0/s1. The van der Waals surface area contributed by atoms with E-state index in [4.69, 9.17) is 0 Å². The van der Waals surface area contributed by atoms with Crippen molar-refractivity contribution in [2.45, 2.75) is 66.0 Å². The third-order valence-electron chi connectivity index (χ3n) is 6.45. The van der Waals surface area contributed by atoms with Gasteiger partial charge in [-0.2, -0.15) is 0 Å². The van der Waals surface area contributed by atoms with Gasteiger partial charge in [-0.25, -0.2) is 0 Å². The molecule has 0 saturated heterocycles. The van der Waals surface area contributed by atoms with Gasteiger partial charge in [0, 0.05) is 29.3 Å². The summed E-state index contributed by atoms with van der Waals surface area (Å²) in [6.07, 6.45) is 2.33. The highest BCUT2D eigenvalue weighted by atomic mass is 16.2. The zero-order valence-corrected chi connectivity index (χ0v) is 18.8. The first kappa shape index (κ1) is 22.1. The molecule has 0 aromatic heterocycles. The Morgan fingerprint density at radius 3 is 2.20 bits per heavy atom. The van der Waals surface area contributed by atoms with Crippen molar-refractivity contribution in [1.82, 2.24) is 0 Å². The molecule has 2 aromatic carbocycles. The topological polar surface area (TPSA) is 40.6 Å². The Kier molecular flexibility index (Phi) is 6.96. The van der Waals surface area contributed by atoms with Crippen molar-refractivity contribution < 1.29 is 9.59 Å². The number of amides is 2. The fourth-order valence-corrected chi connectivity index (χ4v) is 4.24. The van der Waals surface area contributed by atoms with Crippen molar-refractivity contribution in [3.8, 4) is 0 Å². The Labute approximate surface area is 180 Å². The molecule has 160 valence electrons. The molecule has 0 aliphatic carbocycles. The van der Waals surface area contributed by atoms with Crippen molar-refractivity contribution >= 4 is 23.2 Å². The van der Waals surface area contributed by atoms with Gasteiger partial charge in [0.2, 0.25) is 11.8 Å². The number of para-hydroxylation sites is 2. The summed E-state index contributed by atoms with van der Waals surface area (Å²) < 4.78 is 0. The molecule has 0 fully saturated rings. The van der Waals surface area contributed by atoms with Gasteiger partial charge in [-0.3, -0.25) is 9.59 Å². The molecule has 0 spiro atoms. The molecule has 2 amide bonds. The number of hydrogen-bond donors (Lipinski definition) is 0. The van der Waals surface area contributed by atoms with Gasteiger partial charge in [0.25, 0.3) is 0 Å². The molecule has 1 aliphatic heterocycles. The van der Waals surface area contributed by atoms with Crippen molar-refractivity contribution in [3.05, 3.63) is 60.2 Å². The molecule has 3 rings (SSSR count). The van der Waals surface area contributed by atoms with Crippen LogP contribution >= 0.6 is 0 Å². The van der Waals surface area contributed by atoms with Gasteiger partial charge in [-0.1, -0.05) is 64.1 Å². The van der Waals surface area contributed by atoms with Crippen LogP contribution in [0.15, 0.2) is 54.6 Å². The zero-order chi connectivity index (χ0) is 21.8. The smallest absolute Gasteiger partial charge is 0.230 e. The highest BCUT2D eigenvalue weighted by Gasteiger charge is 2.39. The molecule has 2 aromatic rings. The van der Waals surface area contributed by atoms with Crippen LogP contribution in [0.5, 0.6) is 0 Å². The maximum Gasteiger partial charge on any atom is 0.230 e. The SMILES string of the molecule is CC[C@@H](C)C(=O)N(c1ccccc1)[C@@H]1C[C@H](C)N(C(=O)[C@@H](C)CC)c2ccccc21. The lowest BCUT2D eigenvalue weighted by Gasteiger charge is -2.44. The Balaban J connectivity index is 2.11. The minimum atomic E-state index is -0.0962. The molecule has 4 atom stereocenters. The molecule has 1 aliphatic rings. The first-order valence-corrected chi connectivity index (χ1v) is 11.2. The van der Waals surface area contributed by atoms with Crippen molar-refractivity contribution in [3.63, 3.8) is 0 Å². The Morgan fingerprint density at radius 2 is 1.57 bits per heavy atom. The Bertz CT molecular complexity index is 880. The second-order valence-electron chi connectivity index (χ2n) is 8.53. The largest absolute Gasteiger partial charge is 0.309 e. The molecule has 30 heavy (non-hydrogen) atoms. The fraction of sp³-hybridized carbons (Fsp3) is 0.462. The van der Waals surface area contributed by atoms with E-state index in [-0.39, 0.29) is 35.7 Å². The van der Waals surface area contributed by atoms with Gasteiger partial charge in [0.05, 0.1) is 6.04 Å². The normalized spacial score (nSPS) is 20.2. The zero-order valence-electron chi connectivity index (χ0n) is 18.8. The van der Waals surface area contributed by atoms with E-state index in [1.165, 1.54) is 0 Å². The summed E-state index contributed by atoms with van der Waals surface area (Å²) in [5.74, 6) is 0.212. The number of benzene rings is 2. The first-order valence-electron chi connectivity index (χ1n) is 11.2. The molecule has 0 unspecified atom stereocenters. The van der Waals surface area contributed by atoms with E-state index in [1.54, 1.807) is 0 Å². The molecular weight excluding hydrogens is 372 g/mol. The number of carbonyl (C=O) groups excluding carboxylic acids is 2. The average Bonchev–Trinajstić information content (AvgIpc) is 2.78. The number of hydrogen-bond acceptors (Lipinski definition) is 2. The van der Waals surface area contributed by atoms with Crippen LogP contribution in [0.1, 0.15) is 65.5 Å². The number of nitrogens with zero attached hydrogens (tertiary/aromatic N) is 2. The highest BCUT2D eigenvalue weighted by Crippen LogP contribution is 2.43. The average molecular weight is 407 g/mol. The third kappa shape index (κ3) is 4.14. The lowest BCUT2D eigenvalue weighted by molar-refractivity contribution is -0.122. The monoisotopic (exact) mass is 406 g/mol. The van der Waals surface area contributed by atoms with Crippen LogP contribution < -0.4 is 9.80 Å². The number of rotatable bonds is 6. The predicted molar refractivity (Wildman–Crippen MR) is 124 cm³/mol. The first-order chi connectivity index (χ1) is 14.4. The Hall–Kier alpha value is -2.62. The van der Waals surface area contributed by atoms with Crippen LogP contribution in [-0.2, 0) is 9.59 Å². The van der Waals surface area contributed by atoms with Gasteiger partial charge in [0.15, 0.2) is 0 Å². The van der Waals surface area contributed by atoms with E-state index >= 15 is 0 Å². The number of carbonyl (C=O) groups is 2. The van der Waals surface area contributed by atoms with Crippen LogP contribution in [0.4, 0.5) is 11.4 Å². The number of anilines is 2. The molecule has 1 heterocycles. The van der Waals surface area contributed by atoms with Gasteiger partial charge >= 0.3 is 0 Å². The van der Waals surface area contributed by atoms with Gasteiger partial charge in [0.1, 0.15) is 0 Å². The Morgan fingerprint density at radius 1 is 0.967 bits per heavy atom. The van der Waals surface area contributed by atoms with E-state index in [0.29, 0.717) is 0 Å². The van der Waals surface area contributed by atoms with Gasteiger partial charge in [-0.05, 0) is 49.9 Å². The van der Waals surface area contributed by atoms with Crippen molar-refractivity contribution in [1.29, 1.82) is 0 Å². The van der Waals surface area contributed by atoms with Crippen LogP contribution in [0.2, 0.25) is 0 Å². The molecule has 0 N–H and O–H groups in total. The summed E-state index contributed by atoms with van der Waals surface area (Å²) in [4.78, 5) is 30.6. The molecule has 4 nitrogen and oxygen atoms in total. The minimum Gasteiger partial charge on any atom is -0.309 e. The minimum absolute atomic E-state index is 0.0161. The summed E-state index contributed by atoms with van der Waals surface area (Å²) in [7, 11) is 0. The summed E-state index contributed by atoms with van der Waals surface area (Å²) >= 11 is 0. The second kappa shape index (κ2) is 9.46. The summed E-state index contributed by atoms with van der Waals surface area (Å²) in [6, 6.07) is 17.9. The second-order valence-corrected chi connectivity index (χ2v) is 8.53. The van der Waals surface area contributed by atoms with Crippen molar-refractivity contribution in [2.75, 3.05) is 9.80 Å². The van der Waals surface area contributed by atoms with Crippen LogP contribution in [0, 0.1) is 11.8 Å². The highest BCUT2D eigenvalue weighted by molar-refractivity contribution is 5.99. The summed E-state index contributed by atoms with van der Waals surface area (Å²) in [5, 5.41) is 0. The molecule has 4 heteroatoms. The van der Waals surface area contributed by atoms with E-state index in [0.717, 1.165) is 36.2 Å². The van der Waals surface area contributed by atoms with E-state index < -0.39 is 0 Å². The maximum atomic E-state index is 13.5. The molecular formula is C26H34N2O2. The van der Waals surface area contributed by atoms with Gasteiger partial charge < -0.3 is 9.80 Å². The molecule has 0 bridgehead atoms. The molecule has 0 radical (unpaired) electrons. The third-order valence-corrected chi connectivity index (χ3v) is 6.45. The molecule has 0 saturated carbocycles. The van der Waals surface area contributed by atoms with Crippen molar-refractivity contribution in [2.24, 2.45) is 11.8 Å². The summed E-state index contributed by atoms with van der Waals surface area (Å²) in [5.41, 5.74) is 2.90. The quantitative estimate of drug-likeness (QED) is 0.592. The van der Waals surface area contributed by atoms with Crippen LogP contribution in [-0.4, -0.2) is 17.9 Å². The predicted octanol–water partition coefficient (Wildman–Crippen LogP) is 5.98. The van der Waals surface area contributed by atoms with Gasteiger partial charge in [-0.15, -0.1) is 0 Å². The lowest BCUT2D eigenvalue weighted by Crippen LogP contribution is -2.49. The fourth-order valence-electron chi connectivity index (χ4n) is 4.24.